The van der Waals surface area contributed by atoms with Gasteiger partial charge in [0, 0.05) is 0 Å². The summed E-state index contributed by atoms with van der Waals surface area (Å²) in [7, 11) is -1.97. The fourth-order valence-corrected chi connectivity index (χ4v) is 12.4. The van der Waals surface area contributed by atoms with E-state index in [1.807, 2.05) is 0 Å². The van der Waals surface area contributed by atoms with Gasteiger partial charge in [-0.15, -0.1) is 0 Å². The van der Waals surface area contributed by atoms with Gasteiger partial charge in [0.15, 0.2) is 0 Å². The highest BCUT2D eigenvalue weighted by Gasteiger charge is 2.28. The molecular weight excluding hydrogens is 723 g/mol. The normalized spacial score (nSPS) is 11.2. The van der Waals surface area contributed by atoms with Gasteiger partial charge in [-0.25, -0.2) is 0 Å². The minimum absolute atomic E-state index is 0.203. The first-order valence-electron chi connectivity index (χ1n) is 18.6. The maximum Gasteiger partial charge on any atom is 0.339 e. The predicted molar refractivity (Wildman–Crippen MR) is 240 cm³/mol. The second-order valence-corrected chi connectivity index (χ2v) is 18.0. The van der Waals surface area contributed by atoms with Gasteiger partial charge in [0.1, 0.15) is 0 Å². The molecule has 56 heavy (non-hydrogen) atoms. The molecule has 0 aliphatic carbocycles. The SMILES string of the molecule is NC(=[NH2+])NCc1ccc2c(-c3c(P(c4ccccc4)c4ccccc4)ccc4cc(CNC(N)=[NH2+])ccc34)c(P(c3ccccc3)c3ccccc3)ccc2c1. The van der Waals surface area contributed by atoms with Crippen molar-refractivity contribution in [1.82, 2.24) is 10.6 Å². The van der Waals surface area contributed by atoms with Crippen LogP contribution in [0.2, 0.25) is 0 Å². The Morgan fingerprint density at radius 2 is 0.732 bits per heavy atom. The third kappa shape index (κ3) is 7.76. The molecule has 0 bridgehead atoms. The summed E-state index contributed by atoms with van der Waals surface area (Å²) in [5, 5.41) is 30.3. The van der Waals surface area contributed by atoms with Crippen LogP contribution in [0.15, 0.2) is 182 Å². The number of benzene rings is 8. The fraction of sp³-hybridized carbons (Fsp3) is 0.0417. The Morgan fingerprint density at radius 1 is 0.411 bits per heavy atom. The second kappa shape index (κ2) is 16.6. The van der Waals surface area contributed by atoms with Crippen LogP contribution in [0.4, 0.5) is 0 Å². The minimum Gasteiger partial charge on any atom is -0.291 e. The van der Waals surface area contributed by atoms with Crippen LogP contribution in [-0.2, 0) is 13.1 Å². The lowest BCUT2D eigenvalue weighted by Gasteiger charge is -2.28. The zero-order valence-electron chi connectivity index (χ0n) is 30.9. The summed E-state index contributed by atoms with van der Waals surface area (Å²) >= 11 is 0. The molecule has 8 aromatic rings. The van der Waals surface area contributed by atoms with E-state index in [1.54, 1.807) is 0 Å². The van der Waals surface area contributed by atoms with Gasteiger partial charge in [-0.3, -0.25) is 32.9 Å². The molecule has 8 rings (SSSR count). The van der Waals surface area contributed by atoms with Crippen LogP contribution >= 0.6 is 15.8 Å². The van der Waals surface area contributed by atoms with Crippen molar-refractivity contribution in [3.8, 4) is 11.1 Å². The van der Waals surface area contributed by atoms with E-state index in [0.717, 1.165) is 21.9 Å². The number of nitrogens with two attached hydrogens (primary N) is 4. The zero-order chi connectivity index (χ0) is 38.4. The van der Waals surface area contributed by atoms with Crippen LogP contribution < -0.4 is 64.7 Å². The van der Waals surface area contributed by atoms with Gasteiger partial charge in [0.05, 0.1) is 13.1 Å². The Hall–Kier alpha value is -6.32. The van der Waals surface area contributed by atoms with E-state index in [-0.39, 0.29) is 11.9 Å². The van der Waals surface area contributed by atoms with Gasteiger partial charge in [-0.1, -0.05) is 170 Å². The monoisotopic (exact) mass is 766 g/mol. The average Bonchev–Trinajstić information content (AvgIpc) is 3.24. The van der Waals surface area contributed by atoms with E-state index >= 15 is 0 Å². The van der Waals surface area contributed by atoms with Crippen LogP contribution in [0.3, 0.4) is 0 Å². The maximum absolute atomic E-state index is 5.82. The first-order valence-corrected chi connectivity index (χ1v) is 21.3. The summed E-state index contributed by atoms with van der Waals surface area (Å²) in [5.41, 5.74) is 16.3. The topological polar surface area (TPSA) is 127 Å². The van der Waals surface area contributed by atoms with Crippen molar-refractivity contribution in [3.05, 3.63) is 193 Å². The van der Waals surface area contributed by atoms with Crippen molar-refractivity contribution >= 4 is 81.1 Å². The summed E-state index contributed by atoms with van der Waals surface area (Å²) in [6, 6.07) is 66.6. The Kier molecular flexibility index (Phi) is 10.9. The third-order valence-electron chi connectivity index (χ3n) is 9.91. The molecule has 0 fully saturated rings. The molecule has 8 heteroatoms. The Balaban J connectivity index is 1.50. The number of fused-ring (bicyclic) bond motifs is 2. The molecule has 0 aliphatic heterocycles. The molecular formula is C48H44N6P2+2. The fourth-order valence-electron chi connectivity index (χ4n) is 7.42. The summed E-state index contributed by atoms with van der Waals surface area (Å²) in [5.74, 6) is 0.407. The lowest BCUT2D eigenvalue weighted by atomic mass is 9.92. The Morgan fingerprint density at radius 3 is 1.04 bits per heavy atom. The smallest absolute Gasteiger partial charge is 0.291 e. The van der Waals surface area contributed by atoms with Gasteiger partial charge in [-0.2, -0.15) is 0 Å². The second-order valence-electron chi connectivity index (χ2n) is 13.7. The number of hydrogen-bond acceptors (Lipinski definition) is 0. The molecule has 0 radical (unpaired) electrons. The van der Waals surface area contributed by atoms with E-state index in [4.69, 9.17) is 22.3 Å². The van der Waals surface area contributed by atoms with Gasteiger partial charge in [0.2, 0.25) is 0 Å². The zero-order valence-corrected chi connectivity index (χ0v) is 32.7. The number of nitrogens with one attached hydrogen (secondary N) is 2. The van der Waals surface area contributed by atoms with Crippen molar-refractivity contribution < 1.29 is 10.8 Å². The highest BCUT2D eigenvalue weighted by Crippen LogP contribution is 2.46. The van der Waals surface area contributed by atoms with Gasteiger partial charge >= 0.3 is 11.9 Å². The van der Waals surface area contributed by atoms with Crippen LogP contribution in [-0.4, -0.2) is 11.9 Å². The molecule has 0 aromatic heterocycles. The molecule has 0 atom stereocenters. The van der Waals surface area contributed by atoms with Gasteiger partial charge < -0.3 is 0 Å². The molecule has 0 saturated heterocycles. The Bertz CT molecular complexity index is 2390. The maximum atomic E-state index is 5.82. The van der Waals surface area contributed by atoms with Crippen LogP contribution in [0.5, 0.6) is 0 Å². The van der Waals surface area contributed by atoms with Crippen molar-refractivity contribution in [2.24, 2.45) is 11.5 Å². The molecule has 0 heterocycles. The summed E-state index contributed by atoms with van der Waals surface area (Å²) < 4.78 is 0. The third-order valence-corrected chi connectivity index (χ3v) is 14.9. The largest absolute Gasteiger partial charge is 0.339 e. The molecule has 0 unspecified atom stereocenters. The lowest BCUT2D eigenvalue weighted by Crippen LogP contribution is -2.54. The van der Waals surface area contributed by atoms with Crippen molar-refractivity contribution in [2.75, 3.05) is 0 Å². The first-order chi connectivity index (χ1) is 27.4. The van der Waals surface area contributed by atoms with E-state index in [1.165, 1.54) is 53.7 Å². The van der Waals surface area contributed by atoms with E-state index in [9.17, 15) is 0 Å². The van der Waals surface area contributed by atoms with Crippen molar-refractivity contribution in [1.29, 1.82) is 0 Å². The van der Waals surface area contributed by atoms with Crippen LogP contribution in [0, 0.1) is 0 Å². The molecule has 0 aliphatic rings. The summed E-state index contributed by atoms with van der Waals surface area (Å²) in [6.45, 7) is 1.06. The molecule has 0 amide bonds. The number of guanidine groups is 2. The standard InChI is InChI=1S/C48H42N6P2/c49-47(50)53-31-33-21-25-41-35(29-33)23-27-43(55(37-13-5-1-6-14-37)38-15-7-2-8-16-38)45(41)46-42-26-22-34(32-54-48(51)52)30-36(42)24-28-44(46)56(39-17-9-3-10-18-39)40-19-11-4-12-20-40/h1-30H,31-32H2,(H4,49,50,53)(H4,51,52,54)/p+2. The molecule has 0 spiro atoms. The van der Waals surface area contributed by atoms with E-state index < -0.39 is 15.8 Å². The predicted octanol–water partition coefficient (Wildman–Crippen LogP) is 3.50. The van der Waals surface area contributed by atoms with Crippen LogP contribution in [0.25, 0.3) is 32.7 Å². The van der Waals surface area contributed by atoms with Crippen molar-refractivity contribution in [2.45, 2.75) is 13.1 Å². The first kappa shape index (κ1) is 36.6. The van der Waals surface area contributed by atoms with E-state index in [0.29, 0.717) is 13.1 Å². The highest BCUT2D eigenvalue weighted by atomic mass is 31.1. The molecule has 10 N–H and O–H groups in total. The summed E-state index contributed by atoms with van der Waals surface area (Å²) in [4.78, 5) is 0. The highest BCUT2D eigenvalue weighted by molar-refractivity contribution is 7.80. The molecule has 274 valence electrons. The van der Waals surface area contributed by atoms with Gasteiger partial charge in [-0.05, 0) is 104 Å². The van der Waals surface area contributed by atoms with Gasteiger partial charge in [0.25, 0.3) is 0 Å². The number of hydrogen-bond donors (Lipinski definition) is 6. The number of rotatable bonds is 11. The molecule has 8 aromatic carbocycles. The summed E-state index contributed by atoms with van der Waals surface area (Å²) in [6.07, 6.45) is 0. The minimum atomic E-state index is -0.984. The molecule has 0 saturated carbocycles. The van der Waals surface area contributed by atoms with Crippen molar-refractivity contribution in [3.63, 3.8) is 0 Å². The quantitative estimate of drug-likeness (QED) is 0.0685. The lowest BCUT2D eigenvalue weighted by molar-refractivity contribution is -0.121. The average molecular weight is 767 g/mol. The molecule has 6 nitrogen and oxygen atoms in total. The van der Waals surface area contributed by atoms with E-state index in [2.05, 4.69) is 193 Å². The Labute approximate surface area is 330 Å². The van der Waals surface area contributed by atoms with Crippen LogP contribution in [0.1, 0.15) is 11.1 Å².